The van der Waals surface area contributed by atoms with Crippen molar-refractivity contribution in [3.05, 3.63) is 82.2 Å². The van der Waals surface area contributed by atoms with Crippen molar-refractivity contribution in [3.8, 4) is 5.75 Å². The molecule has 110 valence electrons. The molecule has 0 radical (unpaired) electrons. The molecule has 0 aliphatic heterocycles. The molecule has 0 aliphatic rings. The monoisotopic (exact) mass is 294 g/mol. The van der Waals surface area contributed by atoms with Gasteiger partial charge in [-0.25, -0.2) is 0 Å². The third kappa shape index (κ3) is 2.98. The lowest BCUT2D eigenvalue weighted by molar-refractivity contribution is -0.400. The second-order valence-corrected chi connectivity index (χ2v) is 4.80. The topological polar surface area (TPSA) is 68.2 Å². The highest BCUT2D eigenvalue weighted by Gasteiger charge is 2.09. The van der Waals surface area contributed by atoms with Crippen LogP contribution in [0.4, 0.5) is 0 Å². The van der Waals surface area contributed by atoms with Gasteiger partial charge >= 0.3 is 0 Å². The zero-order valence-electron chi connectivity index (χ0n) is 11.7. The predicted octanol–water partition coefficient (Wildman–Crippen LogP) is 3.99. The van der Waals surface area contributed by atoms with Crippen molar-refractivity contribution in [1.29, 1.82) is 0 Å². The van der Waals surface area contributed by atoms with Crippen molar-refractivity contribution in [2.24, 2.45) is 0 Å². The van der Waals surface area contributed by atoms with Crippen molar-refractivity contribution in [1.82, 2.24) is 4.98 Å². The van der Waals surface area contributed by atoms with Crippen molar-refractivity contribution in [2.75, 3.05) is 0 Å². The molecule has 0 amide bonds. The van der Waals surface area contributed by atoms with Crippen LogP contribution in [-0.4, -0.2) is 9.91 Å². The first kappa shape index (κ1) is 13.9. The fourth-order valence-corrected chi connectivity index (χ4v) is 2.31. The molecule has 1 N–H and O–H groups in total. The molecule has 0 fully saturated rings. The molecule has 22 heavy (non-hydrogen) atoms. The Balaban J connectivity index is 1.91. The molecule has 0 unspecified atom stereocenters. The van der Waals surface area contributed by atoms with Gasteiger partial charge in [0.05, 0.1) is 4.92 Å². The number of H-pyrrole nitrogens is 1. The van der Waals surface area contributed by atoms with Gasteiger partial charge in [-0.15, -0.1) is 0 Å². The van der Waals surface area contributed by atoms with Gasteiger partial charge in [0, 0.05) is 28.7 Å². The lowest BCUT2D eigenvalue weighted by Crippen LogP contribution is -1.95. The fourth-order valence-electron chi connectivity index (χ4n) is 2.31. The summed E-state index contributed by atoms with van der Waals surface area (Å²) >= 11 is 0. The SMILES string of the molecule is O=[N+]([O-])/C=C/c1c[nH]c2cccc(OCc3ccccc3)c12. The fraction of sp³-hybridized carbons (Fsp3) is 0.0588. The largest absolute Gasteiger partial charge is 0.488 e. The van der Waals surface area contributed by atoms with Crippen LogP contribution in [0.15, 0.2) is 60.9 Å². The minimum absolute atomic E-state index is 0.448. The molecule has 0 atom stereocenters. The first-order valence-corrected chi connectivity index (χ1v) is 6.82. The van der Waals surface area contributed by atoms with E-state index in [1.807, 2.05) is 48.5 Å². The van der Waals surface area contributed by atoms with Crippen LogP contribution in [0.2, 0.25) is 0 Å². The summed E-state index contributed by atoms with van der Waals surface area (Å²) in [6.45, 7) is 0.448. The third-order valence-electron chi connectivity index (χ3n) is 3.31. The number of ether oxygens (including phenoxy) is 1. The average molecular weight is 294 g/mol. The van der Waals surface area contributed by atoms with Crippen LogP contribution < -0.4 is 4.74 Å². The number of aromatic amines is 1. The summed E-state index contributed by atoms with van der Waals surface area (Å²) in [7, 11) is 0. The molecule has 5 heteroatoms. The van der Waals surface area contributed by atoms with Crippen LogP contribution in [0.1, 0.15) is 11.1 Å². The van der Waals surface area contributed by atoms with Gasteiger partial charge < -0.3 is 9.72 Å². The molecule has 1 heterocycles. The molecule has 2 aromatic carbocycles. The van der Waals surface area contributed by atoms with Gasteiger partial charge in [0.25, 0.3) is 0 Å². The van der Waals surface area contributed by atoms with E-state index >= 15 is 0 Å². The number of nitrogens with one attached hydrogen (secondary N) is 1. The maximum Gasteiger partial charge on any atom is 0.235 e. The first-order chi connectivity index (χ1) is 10.7. The molecule has 3 aromatic rings. The minimum Gasteiger partial charge on any atom is -0.488 e. The average Bonchev–Trinajstić information content (AvgIpc) is 2.96. The number of rotatable bonds is 5. The normalized spacial score (nSPS) is 11.1. The Bertz CT molecular complexity index is 822. The van der Waals surface area contributed by atoms with Crippen LogP contribution in [-0.2, 0) is 6.61 Å². The predicted molar refractivity (Wildman–Crippen MR) is 85.1 cm³/mol. The first-order valence-electron chi connectivity index (χ1n) is 6.82. The summed E-state index contributed by atoms with van der Waals surface area (Å²) in [5.74, 6) is 0.700. The second-order valence-electron chi connectivity index (χ2n) is 4.80. The Morgan fingerprint density at radius 3 is 2.73 bits per heavy atom. The molecule has 0 aliphatic carbocycles. The zero-order valence-corrected chi connectivity index (χ0v) is 11.7. The van der Waals surface area contributed by atoms with E-state index < -0.39 is 4.92 Å². The molecular weight excluding hydrogens is 280 g/mol. The number of aromatic nitrogens is 1. The smallest absolute Gasteiger partial charge is 0.235 e. The zero-order chi connectivity index (χ0) is 15.4. The van der Waals surface area contributed by atoms with Gasteiger partial charge in [0.1, 0.15) is 12.4 Å². The Morgan fingerprint density at radius 2 is 1.95 bits per heavy atom. The van der Waals surface area contributed by atoms with Crippen LogP contribution in [0, 0.1) is 10.1 Å². The Kier molecular flexibility index (Phi) is 3.87. The maximum absolute atomic E-state index is 10.5. The molecule has 1 aromatic heterocycles. The molecule has 3 rings (SSSR count). The van der Waals surface area contributed by atoms with Crippen LogP contribution in [0.25, 0.3) is 17.0 Å². The van der Waals surface area contributed by atoms with Crippen molar-refractivity contribution < 1.29 is 9.66 Å². The lowest BCUT2D eigenvalue weighted by Gasteiger charge is -2.08. The Hall–Kier alpha value is -3.08. The lowest BCUT2D eigenvalue weighted by atomic mass is 10.1. The van der Waals surface area contributed by atoms with Crippen LogP contribution in [0.5, 0.6) is 5.75 Å². The molecule has 0 bridgehead atoms. The number of benzene rings is 2. The summed E-state index contributed by atoms with van der Waals surface area (Å²) in [4.78, 5) is 13.1. The molecule has 5 nitrogen and oxygen atoms in total. The van der Waals surface area contributed by atoms with E-state index in [-0.39, 0.29) is 0 Å². The van der Waals surface area contributed by atoms with Gasteiger partial charge in [-0.2, -0.15) is 0 Å². The maximum atomic E-state index is 10.5. The third-order valence-corrected chi connectivity index (χ3v) is 3.31. The highest BCUT2D eigenvalue weighted by atomic mass is 16.6. The second kappa shape index (κ2) is 6.13. The van der Waals surface area contributed by atoms with E-state index in [9.17, 15) is 10.1 Å². The van der Waals surface area contributed by atoms with E-state index in [4.69, 9.17) is 4.74 Å². The molecule has 0 spiro atoms. The summed E-state index contributed by atoms with van der Waals surface area (Å²) in [6.07, 6.45) is 4.13. The quantitative estimate of drug-likeness (QED) is 0.571. The van der Waals surface area contributed by atoms with Crippen molar-refractivity contribution >= 4 is 17.0 Å². The number of hydrogen-bond donors (Lipinski definition) is 1. The Morgan fingerprint density at radius 1 is 1.14 bits per heavy atom. The van der Waals surface area contributed by atoms with Gasteiger partial charge in [0.15, 0.2) is 0 Å². The van der Waals surface area contributed by atoms with Gasteiger partial charge in [-0.3, -0.25) is 10.1 Å². The minimum atomic E-state index is -0.480. The Labute approximate surface area is 127 Å². The van der Waals surface area contributed by atoms with Crippen molar-refractivity contribution in [2.45, 2.75) is 6.61 Å². The van der Waals surface area contributed by atoms with Crippen LogP contribution in [0.3, 0.4) is 0 Å². The van der Waals surface area contributed by atoms with E-state index in [1.54, 1.807) is 6.20 Å². The summed E-state index contributed by atoms with van der Waals surface area (Å²) < 4.78 is 5.89. The van der Waals surface area contributed by atoms with E-state index in [0.29, 0.717) is 12.4 Å². The van der Waals surface area contributed by atoms with Gasteiger partial charge in [-0.1, -0.05) is 36.4 Å². The van der Waals surface area contributed by atoms with E-state index in [0.717, 1.165) is 28.2 Å². The summed E-state index contributed by atoms with van der Waals surface area (Å²) in [5, 5.41) is 11.3. The van der Waals surface area contributed by atoms with Gasteiger partial charge in [-0.05, 0) is 17.7 Å². The molecule has 0 saturated carbocycles. The number of hydrogen-bond acceptors (Lipinski definition) is 3. The highest BCUT2D eigenvalue weighted by molar-refractivity contribution is 5.93. The van der Waals surface area contributed by atoms with Crippen LogP contribution >= 0.6 is 0 Å². The summed E-state index contributed by atoms with van der Waals surface area (Å²) in [6, 6.07) is 15.5. The van der Waals surface area contributed by atoms with Crippen molar-refractivity contribution in [3.63, 3.8) is 0 Å². The van der Waals surface area contributed by atoms with E-state index in [1.165, 1.54) is 6.08 Å². The molecular formula is C17H14N2O3. The summed E-state index contributed by atoms with van der Waals surface area (Å²) in [5.41, 5.74) is 2.68. The van der Waals surface area contributed by atoms with E-state index in [2.05, 4.69) is 4.98 Å². The molecule has 0 saturated heterocycles. The number of nitro groups is 1. The van der Waals surface area contributed by atoms with Gasteiger partial charge in [0.2, 0.25) is 6.20 Å². The number of nitrogens with zero attached hydrogens (tertiary/aromatic N) is 1. The highest BCUT2D eigenvalue weighted by Crippen LogP contribution is 2.30. The number of fused-ring (bicyclic) bond motifs is 1. The standard InChI is InChI=1S/C17H14N2O3/c20-19(21)10-9-14-11-18-15-7-4-8-16(17(14)15)22-12-13-5-2-1-3-6-13/h1-11,18H,12H2/b10-9+.